The highest BCUT2D eigenvalue weighted by atomic mass is 127. The van der Waals surface area contributed by atoms with E-state index in [1.807, 2.05) is 20.8 Å². The molecule has 7 heteroatoms. The Morgan fingerprint density at radius 1 is 1.04 bits per heavy atom. The number of hydrogen-bond donors (Lipinski definition) is 2. The van der Waals surface area contributed by atoms with Crippen molar-refractivity contribution in [3.8, 4) is 0 Å². The van der Waals surface area contributed by atoms with E-state index < -0.39 is 29.3 Å². The molecule has 0 bridgehead atoms. The number of rotatable bonds is 4. The van der Waals surface area contributed by atoms with Gasteiger partial charge in [-0.25, -0.2) is 9.59 Å². The van der Waals surface area contributed by atoms with Gasteiger partial charge in [-0.15, -0.1) is 0 Å². The molecule has 0 radical (unpaired) electrons. The molecule has 1 saturated carbocycles. The van der Waals surface area contributed by atoms with E-state index in [0.29, 0.717) is 0 Å². The van der Waals surface area contributed by atoms with Crippen molar-refractivity contribution in [3.63, 3.8) is 0 Å². The van der Waals surface area contributed by atoms with Gasteiger partial charge in [0.05, 0.1) is 0 Å². The molecule has 0 aliphatic heterocycles. The van der Waals surface area contributed by atoms with Crippen molar-refractivity contribution in [1.82, 2.24) is 8.85 Å². The van der Waals surface area contributed by atoms with Gasteiger partial charge in [-0.3, -0.25) is 3.53 Å². The number of carbonyl (C=O) groups is 2. The van der Waals surface area contributed by atoms with Crippen LogP contribution in [0, 0.1) is 5.92 Å². The highest BCUT2D eigenvalue weighted by Gasteiger charge is 2.40. The van der Waals surface area contributed by atoms with Gasteiger partial charge < -0.3 is 14.8 Å². The molecule has 0 aromatic rings. The zero-order valence-corrected chi connectivity index (χ0v) is 17.0. The maximum absolute atomic E-state index is 12.6. The van der Waals surface area contributed by atoms with Crippen LogP contribution in [0.3, 0.4) is 0 Å². The van der Waals surface area contributed by atoms with Gasteiger partial charge in [-0.05, 0) is 54.4 Å². The SMILES string of the molecule is CC(C)(C)OC(=O)N[C@H](C(=O)OC(C)(C)C)[C@@H]1CCC[C@H]1NI. The largest absolute Gasteiger partial charge is 0.458 e. The first-order valence-corrected chi connectivity index (χ1v) is 9.09. The van der Waals surface area contributed by atoms with Crippen LogP contribution in [0.15, 0.2) is 0 Å². The molecule has 1 fully saturated rings. The summed E-state index contributed by atoms with van der Waals surface area (Å²) in [6, 6.07) is -0.540. The quantitative estimate of drug-likeness (QED) is 0.399. The predicted octanol–water partition coefficient (Wildman–Crippen LogP) is 3.33. The Hall–Kier alpha value is -0.570. The minimum absolute atomic E-state index is 0.00531. The maximum atomic E-state index is 12.6. The molecule has 134 valence electrons. The highest BCUT2D eigenvalue weighted by Crippen LogP contribution is 2.30. The van der Waals surface area contributed by atoms with Gasteiger partial charge in [-0.2, -0.15) is 0 Å². The third-order valence-electron chi connectivity index (χ3n) is 3.47. The first-order chi connectivity index (χ1) is 10.4. The van der Waals surface area contributed by atoms with Crippen molar-refractivity contribution in [2.45, 2.75) is 84.1 Å². The summed E-state index contributed by atoms with van der Waals surface area (Å²) in [5.74, 6) is -0.416. The smallest absolute Gasteiger partial charge is 0.408 e. The standard InChI is InChI=1S/C16H29IN2O4/c1-15(2,3)22-13(20)12(10-8-7-9-11(10)19-17)18-14(21)23-16(4,5)6/h10-12,19H,7-9H2,1-6H3,(H,18,21)/t10-,11-,12+/m1/s1. The Morgan fingerprint density at radius 2 is 1.61 bits per heavy atom. The lowest BCUT2D eigenvalue weighted by atomic mass is 9.94. The topological polar surface area (TPSA) is 76.7 Å². The van der Waals surface area contributed by atoms with Crippen molar-refractivity contribution in [1.29, 1.82) is 0 Å². The number of alkyl carbamates (subject to hydrolysis) is 1. The van der Waals surface area contributed by atoms with Crippen molar-refractivity contribution in [2.75, 3.05) is 0 Å². The molecular weight excluding hydrogens is 411 g/mol. The number of esters is 1. The first-order valence-electron chi connectivity index (χ1n) is 8.01. The van der Waals surface area contributed by atoms with Crippen molar-refractivity contribution >= 4 is 34.9 Å². The van der Waals surface area contributed by atoms with Crippen LogP contribution in [0.2, 0.25) is 0 Å². The second-order valence-corrected chi connectivity index (χ2v) is 8.59. The summed E-state index contributed by atoms with van der Waals surface area (Å²) in [4.78, 5) is 24.7. The predicted molar refractivity (Wildman–Crippen MR) is 97.3 cm³/mol. The lowest BCUT2D eigenvalue weighted by Gasteiger charge is -2.31. The van der Waals surface area contributed by atoms with Crippen molar-refractivity contribution in [2.24, 2.45) is 5.92 Å². The van der Waals surface area contributed by atoms with Gasteiger partial charge in [0.15, 0.2) is 0 Å². The summed E-state index contributed by atoms with van der Waals surface area (Å²) in [6.45, 7) is 10.8. The lowest BCUT2D eigenvalue weighted by molar-refractivity contribution is -0.159. The summed E-state index contributed by atoms with van der Waals surface area (Å²) < 4.78 is 14.0. The fourth-order valence-corrected chi connectivity index (χ4v) is 3.44. The van der Waals surface area contributed by atoms with Crippen LogP contribution in [0.1, 0.15) is 60.8 Å². The molecular formula is C16H29IN2O4. The fraction of sp³-hybridized carbons (Fsp3) is 0.875. The number of ether oxygens (including phenoxy) is 2. The molecule has 0 aromatic heterocycles. The van der Waals surface area contributed by atoms with Crippen LogP contribution in [0.25, 0.3) is 0 Å². The van der Waals surface area contributed by atoms with Crippen LogP contribution in [-0.4, -0.2) is 35.3 Å². The van der Waals surface area contributed by atoms with Gasteiger partial charge in [0.25, 0.3) is 0 Å². The average molecular weight is 440 g/mol. The minimum atomic E-state index is -0.709. The number of carbonyl (C=O) groups excluding carboxylic acids is 2. The number of nitrogens with one attached hydrogen (secondary N) is 2. The van der Waals surface area contributed by atoms with Gasteiger partial charge >= 0.3 is 12.1 Å². The number of halogens is 1. The van der Waals surface area contributed by atoms with Crippen LogP contribution >= 0.6 is 22.9 Å². The van der Waals surface area contributed by atoms with E-state index in [4.69, 9.17) is 9.47 Å². The van der Waals surface area contributed by atoms with E-state index in [1.165, 1.54) is 0 Å². The molecule has 1 aliphatic carbocycles. The fourth-order valence-electron chi connectivity index (χ4n) is 2.66. The second-order valence-electron chi connectivity index (χ2n) is 7.97. The highest BCUT2D eigenvalue weighted by molar-refractivity contribution is 14.1. The molecule has 0 unspecified atom stereocenters. The second kappa shape index (κ2) is 8.00. The Bertz CT molecular complexity index is 429. The monoisotopic (exact) mass is 440 g/mol. The Kier molecular flexibility index (Phi) is 7.12. The van der Waals surface area contributed by atoms with E-state index in [2.05, 4.69) is 31.7 Å². The summed E-state index contributed by atoms with van der Waals surface area (Å²) >= 11 is 2.10. The maximum Gasteiger partial charge on any atom is 0.408 e. The molecule has 2 N–H and O–H groups in total. The van der Waals surface area contributed by atoms with Crippen LogP contribution in [0.5, 0.6) is 0 Å². The van der Waals surface area contributed by atoms with E-state index >= 15 is 0 Å². The van der Waals surface area contributed by atoms with Gasteiger partial charge in [0, 0.05) is 34.8 Å². The van der Waals surface area contributed by atoms with Gasteiger partial charge in [0.1, 0.15) is 17.2 Å². The van der Waals surface area contributed by atoms with Crippen molar-refractivity contribution in [3.05, 3.63) is 0 Å². The van der Waals surface area contributed by atoms with Crippen LogP contribution < -0.4 is 8.85 Å². The van der Waals surface area contributed by atoms with Gasteiger partial charge in [-0.1, -0.05) is 6.42 Å². The molecule has 0 saturated heterocycles. The van der Waals surface area contributed by atoms with Crippen LogP contribution in [-0.2, 0) is 14.3 Å². The van der Waals surface area contributed by atoms with Crippen LogP contribution in [0.4, 0.5) is 4.79 Å². The number of amides is 1. The van der Waals surface area contributed by atoms with E-state index in [0.717, 1.165) is 19.3 Å². The molecule has 0 heterocycles. The first kappa shape index (κ1) is 20.5. The molecule has 3 atom stereocenters. The third-order valence-corrected chi connectivity index (χ3v) is 4.27. The molecule has 6 nitrogen and oxygen atoms in total. The lowest BCUT2D eigenvalue weighted by Crippen LogP contribution is -2.52. The molecule has 0 aromatic carbocycles. The molecule has 23 heavy (non-hydrogen) atoms. The Labute approximate surface area is 152 Å². The molecule has 1 amide bonds. The van der Waals surface area contributed by atoms with Gasteiger partial charge in [0.2, 0.25) is 0 Å². The molecule has 1 rings (SSSR count). The van der Waals surface area contributed by atoms with E-state index in [1.54, 1.807) is 20.8 Å². The Balaban J connectivity index is 2.88. The third kappa shape index (κ3) is 7.24. The zero-order chi connectivity index (χ0) is 17.8. The van der Waals surface area contributed by atoms with E-state index in [9.17, 15) is 9.59 Å². The number of hydrogen-bond acceptors (Lipinski definition) is 5. The molecule has 1 aliphatic rings. The Morgan fingerprint density at radius 3 is 2.09 bits per heavy atom. The normalized spacial score (nSPS) is 23.3. The summed E-state index contributed by atoms with van der Waals surface area (Å²) in [6.07, 6.45) is 2.26. The van der Waals surface area contributed by atoms with Crippen molar-refractivity contribution < 1.29 is 19.1 Å². The minimum Gasteiger partial charge on any atom is -0.458 e. The zero-order valence-electron chi connectivity index (χ0n) is 14.9. The summed E-state index contributed by atoms with van der Waals surface area (Å²) in [7, 11) is 0. The average Bonchev–Trinajstić information content (AvgIpc) is 2.79. The molecule has 0 spiro atoms. The summed E-state index contributed by atoms with van der Waals surface area (Å²) in [5, 5.41) is 2.72. The summed E-state index contributed by atoms with van der Waals surface area (Å²) in [5.41, 5.74) is -1.21. The van der Waals surface area contributed by atoms with E-state index in [-0.39, 0.29) is 12.0 Å².